The maximum atomic E-state index is 13.2. The van der Waals surface area contributed by atoms with Crippen molar-refractivity contribution in [1.29, 1.82) is 0 Å². The zero-order valence-corrected chi connectivity index (χ0v) is 17.5. The minimum absolute atomic E-state index is 0.0333. The topological polar surface area (TPSA) is 78.8 Å². The van der Waals surface area contributed by atoms with Gasteiger partial charge < -0.3 is 14.7 Å². The molecule has 0 spiro atoms. The Bertz CT molecular complexity index is 980. The van der Waals surface area contributed by atoms with Crippen LogP contribution in [0.15, 0.2) is 42.7 Å². The van der Waals surface area contributed by atoms with Crippen LogP contribution in [0.3, 0.4) is 0 Å². The van der Waals surface area contributed by atoms with Gasteiger partial charge in [-0.15, -0.1) is 0 Å². The molecule has 31 heavy (non-hydrogen) atoms. The third-order valence-corrected chi connectivity index (χ3v) is 6.75. The van der Waals surface area contributed by atoms with Crippen molar-refractivity contribution in [2.45, 2.75) is 50.7 Å². The molecule has 3 aliphatic heterocycles. The van der Waals surface area contributed by atoms with Gasteiger partial charge in [0, 0.05) is 49.5 Å². The van der Waals surface area contributed by atoms with Gasteiger partial charge >= 0.3 is 6.03 Å². The van der Waals surface area contributed by atoms with Gasteiger partial charge in [0.1, 0.15) is 6.04 Å². The summed E-state index contributed by atoms with van der Waals surface area (Å²) >= 11 is 0. The van der Waals surface area contributed by atoms with E-state index < -0.39 is 0 Å². The van der Waals surface area contributed by atoms with Crippen molar-refractivity contribution in [2.75, 3.05) is 19.6 Å². The van der Waals surface area contributed by atoms with Crippen molar-refractivity contribution in [1.82, 2.24) is 24.3 Å². The van der Waals surface area contributed by atoms with E-state index in [0.29, 0.717) is 32.6 Å². The van der Waals surface area contributed by atoms with Crippen molar-refractivity contribution in [3.63, 3.8) is 0 Å². The SMILES string of the molecule is O=C(C1CCCN1C(=O)Cc1ccccn1)N1CCC(N2Cc3cccn3C2=O)CC1. The summed E-state index contributed by atoms with van der Waals surface area (Å²) in [5.41, 5.74) is 1.75. The number of hydrogen-bond acceptors (Lipinski definition) is 4. The van der Waals surface area contributed by atoms with Gasteiger partial charge in [-0.1, -0.05) is 6.07 Å². The van der Waals surface area contributed by atoms with Crippen LogP contribution in [0.5, 0.6) is 0 Å². The van der Waals surface area contributed by atoms with Crippen LogP contribution in [-0.4, -0.2) is 73.8 Å². The summed E-state index contributed by atoms with van der Waals surface area (Å²) in [6.45, 7) is 2.52. The molecule has 8 nitrogen and oxygen atoms in total. The summed E-state index contributed by atoms with van der Waals surface area (Å²) in [6.07, 6.45) is 6.83. The second-order valence-corrected chi connectivity index (χ2v) is 8.58. The Hall–Kier alpha value is -3.16. The molecule has 0 aliphatic carbocycles. The number of fused-ring (bicyclic) bond motifs is 1. The van der Waals surface area contributed by atoms with Crippen LogP contribution in [0, 0.1) is 0 Å². The standard InChI is InChI=1S/C23H27N5O3/c29-21(15-17-5-1-2-10-24-17)27-12-4-7-20(27)22(30)25-13-8-18(9-14-25)28-16-19-6-3-11-26(19)23(28)31/h1-3,5-6,10-11,18,20H,4,7-9,12-16H2. The fourth-order valence-corrected chi connectivity index (χ4v) is 5.09. The molecule has 5 heterocycles. The Morgan fingerprint density at radius 3 is 2.61 bits per heavy atom. The molecular formula is C23H27N5O3. The summed E-state index contributed by atoms with van der Waals surface area (Å²) < 4.78 is 1.71. The van der Waals surface area contributed by atoms with E-state index in [-0.39, 0.29) is 36.3 Å². The van der Waals surface area contributed by atoms with Crippen LogP contribution in [0.1, 0.15) is 37.1 Å². The quantitative estimate of drug-likeness (QED) is 0.755. The lowest BCUT2D eigenvalue weighted by molar-refractivity contribution is -0.144. The van der Waals surface area contributed by atoms with Crippen LogP contribution < -0.4 is 0 Å². The Kier molecular flexibility index (Phi) is 5.21. The fourth-order valence-electron chi connectivity index (χ4n) is 5.09. The van der Waals surface area contributed by atoms with Crippen LogP contribution in [0.2, 0.25) is 0 Å². The smallest absolute Gasteiger partial charge is 0.329 e. The first-order valence-corrected chi connectivity index (χ1v) is 11.1. The molecule has 5 rings (SSSR count). The molecule has 0 aromatic carbocycles. The minimum atomic E-state index is -0.373. The van der Waals surface area contributed by atoms with Gasteiger partial charge in [0.15, 0.2) is 0 Å². The van der Waals surface area contributed by atoms with Gasteiger partial charge in [0.2, 0.25) is 11.8 Å². The summed E-state index contributed by atoms with van der Waals surface area (Å²) in [5.74, 6) is 0.0124. The maximum Gasteiger partial charge on any atom is 0.329 e. The zero-order chi connectivity index (χ0) is 21.4. The molecule has 2 saturated heterocycles. The molecule has 162 valence electrons. The van der Waals surface area contributed by atoms with E-state index in [4.69, 9.17) is 0 Å². The zero-order valence-electron chi connectivity index (χ0n) is 17.5. The summed E-state index contributed by atoms with van der Waals surface area (Å²) in [5, 5.41) is 0. The number of nitrogens with zero attached hydrogens (tertiary/aromatic N) is 5. The van der Waals surface area contributed by atoms with Crippen molar-refractivity contribution >= 4 is 17.8 Å². The predicted octanol–water partition coefficient (Wildman–Crippen LogP) is 1.89. The molecule has 2 aromatic rings. The summed E-state index contributed by atoms with van der Waals surface area (Å²) in [4.78, 5) is 48.4. The number of carbonyl (C=O) groups excluding carboxylic acids is 3. The Labute approximate surface area is 181 Å². The minimum Gasteiger partial charge on any atom is -0.341 e. The van der Waals surface area contributed by atoms with E-state index >= 15 is 0 Å². The molecule has 8 heteroatoms. The monoisotopic (exact) mass is 421 g/mol. The predicted molar refractivity (Wildman–Crippen MR) is 113 cm³/mol. The number of likely N-dealkylation sites (tertiary alicyclic amines) is 2. The molecule has 2 aromatic heterocycles. The van der Waals surface area contributed by atoms with E-state index in [2.05, 4.69) is 4.98 Å². The van der Waals surface area contributed by atoms with Crippen molar-refractivity contribution in [3.8, 4) is 0 Å². The molecule has 1 atom stereocenters. The second kappa shape index (κ2) is 8.17. The van der Waals surface area contributed by atoms with E-state index in [1.54, 1.807) is 15.7 Å². The molecule has 0 saturated carbocycles. The molecule has 0 bridgehead atoms. The van der Waals surface area contributed by atoms with Crippen LogP contribution >= 0.6 is 0 Å². The molecule has 1 unspecified atom stereocenters. The average Bonchev–Trinajstić information content (AvgIpc) is 3.52. The van der Waals surface area contributed by atoms with E-state index in [1.165, 1.54) is 0 Å². The lowest BCUT2D eigenvalue weighted by atomic mass is 10.0. The summed E-state index contributed by atoms with van der Waals surface area (Å²) in [7, 11) is 0. The number of hydrogen-bond donors (Lipinski definition) is 0. The fraction of sp³-hybridized carbons (Fsp3) is 0.478. The van der Waals surface area contributed by atoms with Gasteiger partial charge in [-0.3, -0.25) is 19.1 Å². The van der Waals surface area contributed by atoms with Gasteiger partial charge in [0.25, 0.3) is 0 Å². The molecule has 3 amide bonds. The van der Waals surface area contributed by atoms with Crippen molar-refractivity contribution < 1.29 is 14.4 Å². The number of pyridine rings is 1. The lowest BCUT2D eigenvalue weighted by Crippen LogP contribution is -2.52. The first kappa shape index (κ1) is 19.8. The largest absolute Gasteiger partial charge is 0.341 e. The normalized spacial score (nSPS) is 21.6. The number of carbonyl (C=O) groups is 3. The first-order chi connectivity index (χ1) is 15.1. The molecule has 3 aliphatic rings. The van der Waals surface area contributed by atoms with Gasteiger partial charge in [-0.2, -0.15) is 0 Å². The highest BCUT2D eigenvalue weighted by molar-refractivity contribution is 5.89. The van der Waals surface area contributed by atoms with Crippen molar-refractivity contribution in [2.24, 2.45) is 0 Å². The molecule has 0 N–H and O–H groups in total. The molecule has 0 radical (unpaired) electrons. The number of amides is 3. The number of piperidine rings is 1. The maximum absolute atomic E-state index is 13.2. The number of aromatic nitrogens is 2. The summed E-state index contributed by atoms with van der Waals surface area (Å²) in [6, 6.07) is 9.23. The van der Waals surface area contributed by atoms with E-state index in [1.807, 2.05) is 46.3 Å². The Morgan fingerprint density at radius 1 is 1.03 bits per heavy atom. The van der Waals surface area contributed by atoms with Crippen LogP contribution in [0.25, 0.3) is 0 Å². The third kappa shape index (κ3) is 3.71. The van der Waals surface area contributed by atoms with Crippen molar-refractivity contribution in [3.05, 3.63) is 54.1 Å². The highest BCUT2D eigenvalue weighted by atomic mass is 16.2. The van der Waals surface area contributed by atoms with Crippen LogP contribution in [-0.2, 0) is 22.6 Å². The average molecular weight is 422 g/mol. The first-order valence-electron chi connectivity index (χ1n) is 11.1. The highest BCUT2D eigenvalue weighted by Crippen LogP contribution is 2.27. The third-order valence-electron chi connectivity index (χ3n) is 6.75. The number of rotatable bonds is 4. The second-order valence-electron chi connectivity index (χ2n) is 8.58. The van der Waals surface area contributed by atoms with Gasteiger partial charge in [-0.05, 0) is 49.9 Å². The van der Waals surface area contributed by atoms with Gasteiger partial charge in [0.05, 0.1) is 13.0 Å². The van der Waals surface area contributed by atoms with E-state index in [9.17, 15) is 14.4 Å². The van der Waals surface area contributed by atoms with Crippen LogP contribution in [0.4, 0.5) is 4.79 Å². The van der Waals surface area contributed by atoms with Gasteiger partial charge in [-0.25, -0.2) is 4.79 Å². The lowest BCUT2D eigenvalue weighted by Gasteiger charge is -2.38. The highest BCUT2D eigenvalue weighted by Gasteiger charge is 2.39. The van der Waals surface area contributed by atoms with E-state index in [0.717, 1.165) is 30.7 Å². The Balaban J connectivity index is 1.18. The molecule has 2 fully saturated rings. The Morgan fingerprint density at radius 2 is 1.87 bits per heavy atom. The molecular weight excluding hydrogens is 394 g/mol.